The Morgan fingerprint density at radius 2 is 2.26 bits per heavy atom. The van der Waals surface area contributed by atoms with Gasteiger partial charge in [-0.2, -0.15) is 0 Å². The number of carbonyl (C=O) groups excluding carboxylic acids is 1. The molecule has 0 unspecified atom stereocenters. The molecule has 1 aliphatic heterocycles. The van der Waals surface area contributed by atoms with E-state index in [9.17, 15) is 4.79 Å². The van der Waals surface area contributed by atoms with E-state index in [4.69, 9.17) is 4.42 Å². The summed E-state index contributed by atoms with van der Waals surface area (Å²) in [6.45, 7) is 1.12. The molecular formula is C16H14N8O2S. The zero-order valence-electron chi connectivity index (χ0n) is 14.2. The van der Waals surface area contributed by atoms with Crippen LogP contribution in [0.3, 0.4) is 0 Å². The van der Waals surface area contributed by atoms with Crippen molar-refractivity contribution in [2.24, 2.45) is 13.0 Å². The summed E-state index contributed by atoms with van der Waals surface area (Å²) >= 11 is 1.37. The van der Waals surface area contributed by atoms with E-state index in [2.05, 4.69) is 30.6 Å². The second-order valence-electron chi connectivity index (χ2n) is 6.19. The van der Waals surface area contributed by atoms with Gasteiger partial charge in [0, 0.05) is 25.5 Å². The molecule has 1 amide bonds. The molecule has 0 atom stereocenters. The number of aromatic nitrogens is 6. The zero-order chi connectivity index (χ0) is 18.4. The molecule has 4 aromatic rings. The summed E-state index contributed by atoms with van der Waals surface area (Å²) in [5, 5.41) is 13.4. The van der Waals surface area contributed by atoms with Crippen molar-refractivity contribution in [1.82, 2.24) is 29.9 Å². The largest absolute Gasteiger partial charge is 0.463 e. The fourth-order valence-corrected chi connectivity index (χ4v) is 3.67. The quantitative estimate of drug-likeness (QED) is 0.565. The molecule has 0 aliphatic carbocycles. The molecule has 0 radical (unpaired) electrons. The number of hydrogen-bond acceptors (Lipinski definition) is 9. The first kappa shape index (κ1) is 15.9. The number of nitrogens with zero attached hydrogens (tertiary/aromatic N) is 7. The Kier molecular flexibility index (Phi) is 3.60. The Morgan fingerprint density at radius 3 is 3.07 bits per heavy atom. The molecule has 0 aromatic carbocycles. The molecular weight excluding hydrogens is 368 g/mol. The van der Waals surface area contributed by atoms with E-state index >= 15 is 0 Å². The number of furan rings is 1. The highest BCUT2D eigenvalue weighted by Crippen LogP contribution is 2.29. The highest BCUT2D eigenvalue weighted by Gasteiger charge is 2.35. The molecule has 0 bridgehead atoms. The average Bonchev–Trinajstić information content (AvgIpc) is 3.35. The lowest BCUT2D eigenvalue weighted by molar-refractivity contribution is -0.120. The van der Waals surface area contributed by atoms with Gasteiger partial charge in [-0.1, -0.05) is 5.21 Å². The monoisotopic (exact) mass is 382 g/mol. The van der Waals surface area contributed by atoms with Gasteiger partial charge in [0.25, 0.3) is 0 Å². The van der Waals surface area contributed by atoms with E-state index < -0.39 is 0 Å². The number of amides is 1. The lowest BCUT2D eigenvalue weighted by Gasteiger charge is -2.38. The van der Waals surface area contributed by atoms with Gasteiger partial charge in [-0.25, -0.2) is 19.6 Å². The molecule has 1 aliphatic rings. The number of fused-ring (bicyclic) bond motifs is 1. The Balaban J connectivity index is 1.25. The van der Waals surface area contributed by atoms with E-state index in [0.717, 1.165) is 0 Å². The Bertz CT molecular complexity index is 1110. The first-order chi connectivity index (χ1) is 13.2. The van der Waals surface area contributed by atoms with Gasteiger partial charge in [0.05, 0.1) is 12.2 Å². The maximum atomic E-state index is 12.5. The fourth-order valence-electron chi connectivity index (χ4n) is 2.97. The van der Waals surface area contributed by atoms with E-state index in [-0.39, 0.29) is 11.8 Å². The minimum absolute atomic E-state index is 0.0592. The van der Waals surface area contributed by atoms with Crippen LogP contribution in [0, 0.1) is 5.92 Å². The lowest BCUT2D eigenvalue weighted by atomic mass is 9.99. The molecule has 0 spiro atoms. The van der Waals surface area contributed by atoms with Gasteiger partial charge >= 0.3 is 0 Å². The van der Waals surface area contributed by atoms with Crippen LogP contribution in [0.15, 0.2) is 34.5 Å². The molecule has 1 saturated heterocycles. The van der Waals surface area contributed by atoms with Crippen molar-refractivity contribution in [3.8, 4) is 11.5 Å². The van der Waals surface area contributed by atoms with Gasteiger partial charge in [-0.3, -0.25) is 4.79 Å². The smallest absolute Gasteiger partial charge is 0.232 e. The highest BCUT2D eigenvalue weighted by molar-refractivity contribution is 7.14. The number of carbonyl (C=O) groups is 1. The molecule has 1 N–H and O–H groups in total. The standard InChI is InChI=1S/C16H14N8O2S/c1-23-13-12(21-22-23)14(18-8-17-13)24-5-9(6-24)15(25)20-16-19-10(7-27-16)11-3-2-4-26-11/h2-4,7-9H,5-6H2,1H3,(H,19,20,25). The van der Waals surface area contributed by atoms with Crippen LogP contribution in [0.1, 0.15) is 0 Å². The van der Waals surface area contributed by atoms with Gasteiger partial charge in [-0.15, -0.1) is 16.4 Å². The Morgan fingerprint density at radius 1 is 1.37 bits per heavy atom. The molecule has 0 saturated carbocycles. The first-order valence-electron chi connectivity index (χ1n) is 8.24. The second kappa shape index (κ2) is 6.13. The number of rotatable bonds is 4. The molecule has 11 heteroatoms. The fraction of sp³-hybridized carbons (Fsp3) is 0.250. The van der Waals surface area contributed by atoms with Gasteiger partial charge in [0.15, 0.2) is 27.9 Å². The number of thiazole rings is 1. The highest BCUT2D eigenvalue weighted by atomic mass is 32.1. The van der Waals surface area contributed by atoms with Crippen molar-refractivity contribution in [3.05, 3.63) is 30.1 Å². The third-order valence-corrected chi connectivity index (χ3v) is 5.19. The van der Waals surface area contributed by atoms with Crippen LogP contribution in [0.25, 0.3) is 22.6 Å². The van der Waals surface area contributed by atoms with Crippen LogP contribution in [-0.2, 0) is 11.8 Å². The zero-order valence-corrected chi connectivity index (χ0v) is 15.1. The third-order valence-electron chi connectivity index (χ3n) is 4.43. The normalized spacial score (nSPS) is 14.5. The minimum Gasteiger partial charge on any atom is -0.463 e. The lowest BCUT2D eigenvalue weighted by Crippen LogP contribution is -2.52. The van der Waals surface area contributed by atoms with Crippen molar-refractivity contribution in [2.75, 3.05) is 23.3 Å². The number of anilines is 2. The Labute approximate surface area is 156 Å². The summed E-state index contributed by atoms with van der Waals surface area (Å²) in [5.74, 6) is 1.18. The molecule has 5 rings (SSSR count). The van der Waals surface area contributed by atoms with Gasteiger partial charge in [0.1, 0.15) is 12.0 Å². The van der Waals surface area contributed by atoms with Crippen molar-refractivity contribution in [2.45, 2.75) is 0 Å². The third kappa shape index (κ3) is 2.72. The van der Waals surface area contributed by atoms with Crippen LogP contribution >= 0.6 is 11.3 Å². The van der Waals surface area contributed by atoms with Crippen LogP contribution in [0.4, 0.5) is 10.9 Å². The minimum atomic E-state index is -0.136. The summed E-state index contributed by atoms with van der Waals surface area (Å²) in [5.41, 5.74) is 2.02. The van der Waals surface area contributed by atoms with Crippen molar-refractivity contribution in [1.29, 1.82) is 0 Å². The molecule has 4 aromatic heterocycles. The summed E-state index contributed by atoms with van der Waals surface area (Å²) in [4.78, 5) is 27.3. The first-order valence-corrected chi connectivity index (χ1v) is 9.12. The maximum absolute atomic E-state index is 12.5. The number of nitrogens with one attached hydrogen (secondary N) is 1. The molecule has 10 nitrogen and oxygen atoms in total. The van der Waals surface area contributed by atoms with Gasteiger partial charge in [-0.05, 0) is 12.1 Å². The average molecular weight is 382 g/mol. The second-order valence-corrected chi connectivity index (χ2v) is 7.05. The maximum Gasteiger partial charge on any atom is 0.232 e. The molecule has 5 heterocycles. The molecule has 27 heavy (non-hydrogen) atoms. The van der Waals surface area contributed by atoms with Crippen LogP contribution < -0.4 is 10.2 Å². The number of aryl methyl sites for hydroxylation is 1. The van der Waals surface area contributed by atoms with Crippen molar-refractivity contribution < 1.29 is 9.21 Å². The van der Waals surface area contributed by atoms with Crippen LogP contribution in [0.5, 0.6) is 0 Å². The van der Waals surface area contributed by atoms with E-state index in [1.54, 1.807) is 24.1 Å². The van der Waals surface area contributed by atoms with Gasteiger partial charge in [0.2, 0.25) is 5.91 Å². The number of hydrogen-bond donors (Lipinski definition) is 1. The van der Waals surface area contributed by atoms with E-state index in [1.165, 1.54) is 17.7 Å². The summed E-state index contributed by atoms with van der Waals surface area (Å²) in [7, 11) is 1.78. The predicted octanol–water partition coefficient (Wildman–Crippen LogP) is 1.55. The topological polar surface area (TPSA) is 115 Å². The van der Waals surface area contributed by atoms with Crippen LogP contribution in [-0.4, -0.2) is 48.9 Å². The summed E-state index contributed by atoms with van der Waals surface area (Å²) in [6, 6.07) is 3.64. The van der Waals surface area contributed by atoms with E-state index in [0.29, 0.717) is 46.7 Å². The van der Waals surface area contributed by atoms with Crippen LogP contribution in [0.2, 0.25) is 0 Å². The van der Waals surface area contributed by atoms with Crippen molar-refractivity contribution >= 4 is 39.4 Å². The van der Waals surface area contributed by atoms with E-state index in [1.807, 2.05) is 16.3 Å². The molecule has 1 fully saturated rings. The van der Waals surface area contributed by atoms with Gasteiger partial charge < -0.3 is 14.6 Å². The summed E-state index contributed by atoms with van der Waals surface area (Å²) < 4.78 is 6.92. The SMILES string of the molecule is Cn1nnc2c(N3CC(C(=O)Nc4nc(-c5ccco5)cs4)C3)ncnc21. The predicted molar refractivity (Wildman–Crippen MR) is 98.2 cm³/mol. The molecule has 136 valence electrons. The summed E-state index contributed by atoms with van der Waals surface area (Å²) in [6.07, 6.45) is 3.08. The van der Waals surface area contributed by atoms with Crippen molar-refractivity contribution in [3.63, 3.8) is 0 Å². The Hall–Kier alpha value is -3.34.